The summed E-state index contributed by atoms with van der Waals surface area (Å²) in [7, 11) is 0. The van der Waals surface area contributed by atoms with Crippen LogP contribution < -0.4 is 10.6 Å². The molecule has 2 heterocycles. The van der Waals surface area contributed by atoms with Crippen LogP contribution in [0.4, 0.5) is 16.0 Å². The summed E-state index contributed by atoms with van der Waals surface area (Å²) in [6.45, 7) is 1.83. The number of benzene rings is 1. The quantitative estimate of drug-likeness (QED) is 0.748. The molecular weight excluding hydrogens is 313 g/mol. The minimum absolute atomic E-state index is 0.0702. The molecule has 0 fully saturated rings. The maximum atomic E-state index is 13.5. The molecule has 8 heteroatoms. The number of nitrogens with zero attached hydrogens (tertiary/aromatic N) is 3. The molecule has 2 aromatic heterocycles. The topological polar surface area (TPSA) is 92.9 Å². The number of carbonyl (C=O) groups excluding carboxylic acids is 1. The van der Waals surface area contributed by atoms with Gasteiger partial charge in [0.05, 0.1) is 0 Å². The molecule has 7 nitrogen and oxygen atoms in total. The molecular formula is C16H14FN5O2. The second-order valence-corrected chi connectivity index (χ2v) is 5.01. The van der Waals surface area contributed by atoms with Crippen molar-refractivity contribution < 1.29 is 13.7 Å². The van der Waals surface area contributed by atoms with Crippen LogP contribution in [-0.4, -0.2) is 21.0 Å². The van der Waals surface area contributed by atoms with E-state index in [4.69, 9.17) is 4.52 Å². The molecule has 0 aliphatic rings. The van der Waals surface area contributed by atoms with Crippen LogP contribution in [0.25, 0.3) is 0 Å². The average molecular weight is 327 g/mol. The molecule has 122 valence electrons. The Morgan fingerprint density at radius 2 is 2.04 bits per heavy atom. The largest absolute Gasteiger partial charge is 0.360 e. The minimum atomic E-state index is -0.431. The molecule has 0 bridgehead atoms. The normalized spacial score (nSPS) is 10.4. The first kappa shape index (κ1) is 15.6. The number of nitrogens with one attached hydrogen (secondary N) is 2. The number of aromatic nitrogens is 3. The van der Waals surface area contributed by atoms with Crippen molar-refractivity contribution in [2.24, 2.45) is 0 Å². The fourth-order valence-electron chi connectivity index (χ4n) is 2.01. The van der Waals surface area contributed by atoms with Crippen molar-refractivity contribution in [3.05, 3.63) is 65.6 Å². The fourth-order valence-corrected chi connectivity index (χ4v) is 2.01. The zero-order valence-corrected chi connectivity index (χ0v) is 12.8. The van der Waals surface area contributed by atoms with Crippen molar-refractivity contribution in [2.45, 2.75) is 13.5 Å². The molecule has 0 unspecified atom stereocenters. The van der Waals surface area contributed by atoms with Crippen LogP contribution >= 0.6 is 0 Å². The zero-order chi connectivity index (χ0) is 16.9. The maximum absolute atomic E-state index is 13.5. The summed E-state index contributed by atoms with van der Waals surface area (Å²) in [5.74, 6) is 0.719. The van der Waals surface area contributed by atoms with Crippen LogP contribution in [0.1, 0.15) is 21.8 Å². The van der Waals surface area contributed by atoms with Crippen molar-refractivity contribution >= 4 is 17.5 Å². The van der Waals surface area contributed by atoms with Gasteiger partial charge < -0.3 is 15.2 Å². The highest BCUT2D eigenvalue weighted by Crippen LogP contribution is 2.14. The number of amides is 1. The predicted molar refractivity (Wildman–Crippen MR) is 84.1 cm³/mol. The van der Waals surface area contributed by atoms with Gasteiger partial charge in [0.2, 0.25) is 0 Å². The summed E-state index contributed by atoms with van der Waals surface area (Å²) in [6, 6.07) is 9.41. The van der Waals surface area contributed by atoms with Crippen LogP contribution in [0.5, 0.6) is 0 Å². The van der Waals surface area contributed by atoms with Gasteiger partial charge in [0.1, 0.15) is 29.4 Å². The Bertz CT molecular complexity index is 865. The van der Waals surface area contributed by atoms with E-state index in [0.717, 1.165) is 0 Å². The second kappa shape index (κ2) is 6.86. The maximum Gasteiger partial charge on any atom is 0.270 e. The molecule has 3 aromatic rings. The van der Waals surface area contributed by atoms with Gasteiger partial charge in [-0.05, 0) is 13.0 Å². The summed E-state index contributed by atoms with van der Waals surface area (Å²) in [5, 5.41) is 9.31. The standard InChI is InChI=1S/C16H14FN5O2/c1-10-6-15(22-24-10)21-14-7-13(19-9-20-14)16(23)18-8-11-4-2-3-5-12(11)17/h2-7,9H,8H2,1H3,(H,18,23)(H,19,20,21,22). The van der Waals surface area contributed by atoms with E-state index in [9.17, 15) is 9.18 Å². The molecule has 24 heavy (non-hydrogen) atoms. The molecule has 3 rings (SSSR count). The van der Waals surface area contributed by atoms with Crippen molar-refractivity contribution in [2.75, 3.05) is 5.32 Å². The van der Waals surface area contributed by atoms with Gasteiger partial charge in [-0.25, -0.2) is 14.4 Å². The lowest BCUT2D eigenvalue weighted by Gasteiger charge is -2.07. The van der Waals surface area contributed by atoms with Gasteiger partial charge in [0.15, 0.2) is 5.82 Å². The summed E-state index contributed by atoms with van der Waals surface area (Å²) < 4.78 is 18.5. The number of hydrogen-bond acceptors (Lipinski definition) is 6. The SMILES string of the molecule is Cc1cc(Nc2cc(C(=O)NCc3ccccc3F)ncn2)no1. The highest BCUT2D eigenvalue weighted by molar-refractivity contribution is 5.92. The molecule has 1 amide bonds. The third-order valence-electron chi connectivity index (χ3n) is 3.18. The van der Waals surface area contributed by atoms with Gasteiger partial charge >= 0.3 is 0 Å². The third-order valence-corrected chi connectivity index (χ3v) is 3.18. The van der Waals surface area contributed by atoms with Gasteiger partial charge in [0, 0.05) is 24.2 Å². The molecule has 0 aliphatic heterocycles. The summed E-state index contributed by atoms with van der Waals surface area (Å²) in [4.78, 5) is 20.1. The number of carbonyl (C=O) groups is 1. The van der Waals surface area contributed by atoms with Gasteiger partial charge in [-0.15, -0.1) is 0 Å². The number of aryl methyl sites for hydroxylation is 1. The molecule has 0 spiro atoms. The number of hydrogen-bond donors (Lipinski definition) is 2. The van der Waals surface area contributed by atoms with Crippen molar-refractivity contribution in [1.29, 1.82) is 0 Å². The zero-order valence-electron chi connectivity index (χ0n) is 12.8. The Kier molecular flexibility index (Phi) is 4.46. The number of anilines is 2. The molecule has 0 aliphatic carbocycles. The van der Waals surface area contributed by atoms with E-state index in [-0.39, 0.29) is 18.1 Å². The Labute approximate surface area is 136 Å². The van der Waals surface area contributed by atoms with Crippen LogP contribution in [-0.2, 0) is 6.54 Å². The van der Waals surface area contributed by atoms with Crippen LogP contribution in [0, 0.1) is 12.7 Å². The smallest absolute Gasteiger partial charge is 0.270 e. The number of rotatable bonds is 5. The van der Waals surface area contributed by atoms with Crippen molar-refractivity contribution in [1.82, 2.24) is 20.4 Å². The van der Waals surface area contributed by atoms with Gasteiger partial charge in [-0.2, -0.15) is 0 Å². The monoisotopic (exact) mass is 327 g/mol. The number of halogens is 1. The fraction of sp³-hybridized carbons (Fsp3) is 0.125. The highest BCUT2D eigenvalue weighted by atomic mass is 19.1. The molecule has 0 saturated carbocycles. The second-order valence-electron chi connectivity index (χ2n) is 5.01. The minimum Gasteiger partial charge on any atom is -0.360 e. The summed E-state index contributed by atoms with van der Waals surface area (Å²) in [6.07, 6.45) is 1.26. The first-order valence-corrected chi connectivity index (χ1v) is 7.16. The van der Waals surface area contributed by atoms with E-state index in [1.54, 1.807) is 31.2 Å². The lowest BCUT2D eigenvalue weighted by atomic mass is 10.2. The molecule has 0 saturated heterocycles. The van der Waals surface area contributed by atoms with E-state index in [0.29, 0.717) is 23.0 Å². The lowest BCUT2D eigenvalue weighted by Crippen LogP contribution is -2.24. The molecule has 1 aromatic carbocycles. The molecule has 0 radical (unpaired) electrons. The molecule has 2 N–H and O–H groups in total. The van der Waals surface area contributed by atoms with E-state index >= 15 is 0 Å². The lowest BCUT2D eigenvalue weighted by molar-refractivity contribution is 0.0945. The Morgan fingerprint density at radius 1 is 1.21 bits per heavy atom. The van der Waals surface area contributed by atoms with E-state index in [1.807, 2.05) is 0 Å². The third kappa shape index (κ3) is 3.72. The Balaban J connectivity index is 1.67. The Morgan fingerprint density at radius 3 is 2.79 bits per heavy atom. The van der Waals surface area contributed by atoms with Crippen molar-refractivity contribution in [3.8, 4) is 0 Å². The van der Waals surface area contributed by atoms with Gasteiger partial charge in [-0.3, -0.25) is 4.79 Å². The first-order chi connectivity index (χ1) is 11.6. The molecule has 0 atom stereocenters. The van der Waals surface area contributed by atoms with Crippen LogP contribution in [0.3, 0.4) is 0 Å². The van der Waals surface area contributed by atoms with Crippen molar-refractivity contribution in [3.63, 3.8) is 0 Å². The average Bonchev–Trinajstić information content (AvgIpc) is 2.99. The predicted octanol–water partition coefficient (Wildman–Crippen LogP) is 2.59. The van der Waals surface area contributed by atoms with Gasteiger partial charge in [-0.1, -0.05) is 23.4 Å². The van der Waals surface area contributed by atoms with E-state index in [1.165, 1.54) is 18.5 Å². The summed E-state index contributed by atoms with van der Waals surface area (Å²) >= 11 is 0. The highest BCUT2D eigenvalue weighted by Gasteiger charge is 2.10. The van der Waals surface area contributed by atoms with E-state index in [2.05, 4.69) is 25.8 Å². The summed E-state index contributed by atoms with van der Waals surface area (Å²) in [5.41, 5.74) is 0.556. The Hall–Kier alpha value is -3.29. The van der Waals surface area contributed by atoms with Crippen LogP contribution in [0.15, 0.2) is 47.2 Å². The van der Waals surface area contributed by atoms with Crippen LogP contribution in [0.2, 0.25) is 0 Å². The first-order valence-electron chi connectivity index (χ1n) is 7.16. The van der Waals surface area contributed by atoms with E-state index < -0.39 is 5.91 Å². The van der Waals surface area contributed by atoms with Gasteiger partial charge in [0.25, 0.3) is 5.91 Å².